The number of thiazole rings is 1. The summed E-state index contributed by atoms with van der Waals surface area (Å²) >= 11 is 1.63. The first-order valence-corrected chi connectivity index (χ1v) is 6.64. The summed E-state index contributed by atoms with van der Waals surface area (Å²) in [6, 6.07) is 0.0186. The summed E-state index contributed by atoms with van der Waals surface area (Å²) in [5, 5.41) is 9.23. The molecular formula is C11H17N3OS. The molecule has 2 N–H and O–H groups in total. The molecule has 0 unspecified atom stereocenters. The van der Waals surface area contributed by atoms with E-state index in [0.717, 1.165) is 30.8 Å². The van der Waals surface area contributed by atoms with Crippen LogP contribution in [0.3, 0.4) is 0 Å². The van der Waals surface area contributed by atoms with Gasteiger partial charge in [-0.15, -0.1) is 11.3 Å². The summed E-state index contributed by atoms with van der Waals surface area (Å²) < 4.78 is 0. The van der Waals surface area contributed by atoms with Gasteiger partial charge >= 0.3 is 0 Å². The van der Waals surface area contributed by atoms with E-state index in [9.17, 15) is 4.79 Å². The number of nitrogens with one attached hydrogen (secondary N) is 2. The fourth-order valence-electron chi connectivity index (χ4n) is 1.87. The molecule has 1 saturated heterocycles. The highest BCUT2D eigenvalue weighted by atomic mass is 32.1. The van der Waals surface area contributed by atoms with E-state index >= 15 is 0 Å². The normalized spacial score (nSPS) is 20.6. The first-order chi connectivity index (χ1) is 7.86. The fourth-order valence-corrected chi connectivity index (χ4v) is 2.49. The van der Waals surface area contributed by atoms with Crippen molar-refractivity contribution in [3.63, 3.8) is 0 Å². The lowest BCUT2D eigenvalue weighted by atomic mass is 10.0. The predicted octanol–water partition coefficient (Wildman–Crippen LogP) is 0.944. The molecule has 1 aromatic heterocycles. The zero-order valence-electron chi connectivity index (χ0n) is 9.24. The van der Waals surface area contributed by atoms with Gasteiger partial charge in [-0.25, -0.2) is 4.98 Å². The highest BCUT2D eigenvalue weighted by Gasteiger charge is 2.19. The maximum Gasteiger partial charge on any atom is 0.237 e. The van der Waals surface area contributed by atoms with Crippen molar-refractivity contribution in [2.24, 2.45) is 0 Å². The molecule has 5 heteroatoms. The van der Waals surface area contributed by atoms with Gasteiger partial charge in [0.25, 0.3) is 0 Å². The number of nitrogens with zero attached hydrogens (tertiary/aromatic N) is 1. The fraction of sp³-hybridized carbons (Fsp3) is 0.636. The molecule has 4 nitrogen and oxygen atoms in total. The topological polar surface area (TPSA) is 54.0 Å². The largest absolute Gasteiger partial charge is 0.354 e. The Hall–Kier alpha value is -0.940. The second-order valence-electron chi connectivity index (χ2n) is 3.97. The third kappa shape index (κ3) is 3.28. The van der Waals surface area contributed by atoms with E-state index in [1.807, 2.05) is 5.38 Å². The number of rotatable bonds is 4. The average Bonchev–Trinajstić information content (AvgIpc) is 2.83. The van der Waals surface area contributed by atoms with Gasteiger partial charge in [0, 0.05) is 24.5 Å². The summed E-state index contributed by atoms with van der Waals surface area (Å²) in [5.41, 5.74) is 0. The quantitative estimate of drug-likeness (QED) is 0.822. The van der Waals surface area contributed by atoms with Crippen LogP contribution in [0.25, 0.3) is 0 Å². The van der Waals surface area contributed by atoms with E-state index in [1.165, 1.54) is 6.42 Å². The maximum atomic E-state index is 11.7. The Morgan fingerprint density at radius 1 is 1.62 bits per heavy atom. The monoisotopic (exact) mass is 239 g/mol. The van der Waals surface area contributed by atoms with E-state index in [2.05, 4.69) is 15.6 Å². The van der Waals surface area contributed by atoms with E-state index in [0.29, 0.717) is 6.54 Å². The zero-order valence-corrected chi connectivity index (χ0v) is 10.1. The lowest BCUT2D eigenvalue weighted by molar-refractivity contribution is -0.123. The number of hydrogen-bond acceptors (Lipinski definition) is 4. The second-order valence-corrected chi connectivity index (χ2v) is 4.95. The Labute approximate surface area is 99.5 Å². The summed E-state index contributed by atoms with van der Waals surface area (Å²) in [7, 11) is 0. The van der Waals surface area contributed by atoms with Crippen LogP contribution < -0.4 is 10.6 Å². The second kappa shape index (κ2) is 5.96. The van der Waals surface area contributed by atoms with Gasteiger partial charge in [0.1, 0.15) is 0 Å². The maximum absolute atomic E-state index is 11.7. The van der Waals surface area contributed by atoms with Gasteiger partial charge in [-0.3, -0.25) is 4.79 Å². The minimum atomic E-state index is 0.0186. The van der Waals surface area contributed by atoms with Gasteiger partial charge in [-0.1, -0.05) is 6.42 Å². The van der Waals surface area contributed by atoms with Crippen LogP contribution in [-0.2, 0) is 11.2 Å². The Morgan fingerprint density at radius 3 is 3.25 bits per heavy atom. The molecule has 2 rings (SSSR count). The summed E-state index contributed by atoms with van der Waals surface area (Å²) in [6.45, 7) is 1.65. The molecule has 0 bridgehead atoms. The van der Waals surface area contributed by atoms with E-state index in [1.54, 1.807) is 17.5 Å². The minimum Gasteiger partial charge on any atom is -0.354 e. The van der Waals surface area contributed by atoms with Crippen molar-refractivity contribution >= 4 is 17.2 Å². The first kappa shape index (κ1) is 11.5. The minimum absolute atomic E-state index is 0.0186. The molecule has 2 heterocycles. The summed E-state index contributed by atoms with van der Waals surface area (Å²) in [6.07, 6.45) is 5.92. The molecule has 1 amide bonds. The predicted molar refractivity (Wildman–Crippen MR) is 64.5 cm³/mol. The van der Waals surface area contributed by atoms with Crippen molar-refractivity contribution in [3.05, 3.63) is 16.6 Å². The number of piperidine rings is 1. The van der Waals surface area contributed by atoms with Crippen LogP contribution in [0.15, 0.2) is 11.6 Å². The molecule has 0 aromatic carbocycles. The van der Waals surface area contributed by atoms with Gasteiger partial charge in [0.05, 0.1) is 11.0 Å². The van der Waals surface area contributed by atoms with Gasteiger partial charge in [0.15, 0.2) is 0 Å². The molecular weight excluding hydrogens is 222 g/mol. The molecule has 0 radical (unpaired) electrons. The molecule has 88 valence electrons. The molecule has 1 aliphatic heterocycles. The molecule has 0 saturated carbocycles. The van der Waals surface area contributed by atoms with Crippen LogP contribution >= 0.6 is 11.3 Å². The molecule has 0 spiro atoms. The SMILES string of the molecule is O=C(NCCc1nccs1)[C@H]1CCCCN1. The lowest BCUT2D eigenvalue weighted by Gasteiger charge is -2.22. The molecule has 1 aliphatic rings. The van der Waals surface area contributed by atoms with Gasteiger partial charge < -0.3 is 10.6 Å². The van der Waals surface area contributed by atoms with Crippen LogP contribution in [0.2, 0.25) is 0 Å². The zero-order chi connectivity index (χ0) is 11.2. The molecule has 0 aliphatic carbocycles. The van der Waals surface area contributed by atoms with Crippen molar-refractivity contribution in [2.75, 3.05) is 13.1 Å². The van der Waals surface area contributed by atoms with Crippen molar-refractivity contribution < 1.29 is 4.79 Å². The third-order valence-electron chi connectivity index (χ3n) is 2.75. The Morgan fingerprint density at radius 2 is 2.56 bits per heavy atom. The van der Waals surface area contributed by atoms with Crippen LogP contribution in [0.1, 0.15) is 24.3 Å². The molecule has 16 heavy (non-hydrogen) atoms. The lowest BCUT2D eigenvalue weighted by Crippen LogP contribution is -2.47. The summed E-state index contributed by atoms with van der Waals surface area (Å²) in [5.74, 6) is 0.135. The van der Waals surface area contributed by atoms with E-state index in [-0.39, 0.29) is 11.9 Å². The van der Waals surface area contributed by atoms with Crippen LogP contribution in [0, 0.1) is 0 Å². The molecule has 1 atom stereocenters. The number of carbonyl (C=O) groups is 1. The van der Waals surface area contributed by atoms with Gasteiger partial charge in [-0.2, -0.15) is 0 Å². The average molecular weight is 239 g/mol. The molecule has 1 aromatic rings. The van der Waals surface area contributed by atoms with Crippen molar-refractivity contribution in [2.45, 2.75) is 31.7 Å². The highest BCUT2D eigenvalue weighted by Crippen LogP contribution is 2.07. The van der Waals surface area contributed by atoms with Crippen molar-refractivity contribution in [1.29, 1.82) is 0 Å². The third-order valence-corrected chi connectivity index (χ3v) is 3.59. The smallest absolute Gasteiger partial charge is 0.237 e. The Balaban J connectivity index is 1.67. The van der Waals surface area contributed by atoms with Crippen LogP contribution in [0.5, 0.6) is 0 Å². The summed E-state index contributed by atoms with van der Waals surface area (Å²) in [4.78, 5) is 15.9. The number of aromatic nitrogens is 1. The highest BCUT2D eigenvalue weighted by molar-refractivity contribution is 7.09. The Kier molecular flexibility index (Phi) is 4.30. The molecule has 1 fully saturated rings. The van der Waals surface area contributed by atoms with E-state index in [4.69, 9.17) is 0 Å². The Bertz CT molecular complexity index is 320. The van der Waals surface area contributed by atoms with Crippen LogP contribution in [0.4, 0.5) is 0 Å². The van der Waals surface area contributed by atoms with Crippen molar-refractivity contribution in [3.8, 4) is 0 Å². The number of amides is 1. The van der Waals surface area contributed by atoms with Gasteiger partial charge in [-0.05, 0) is 19.4 Å². The van der Waals surface area contributed by atoms with Crippen molar-refractivity contribution in [1.82, 2.24) is 15.6 Å². The standard InChI is InChI=1S/C11H17N3OS/c15-11(9-3-1-2-5-12-9)14-6-4-10-13-7-8-16-10/h7-9,12H,1-6H2,(H,14,15)/t9-/m1/s1. The number of hydrogen-bond donors (Lipinski definition) is 2. The van der Waals surface area contributed by atoms with E-state index < -0.39 is 0 Å². The van der Waals surface area contributed by atoms with Crippen LogP contribution in [-0.4, -0.2) is 30.0 Å². The van der Waals surface area contributed by atoms with Gasteiger partial charge in [0.2, 0.25) is 5.91 Å². The first-order valence-electron chi connectivity index (χ1n) is 5.76. The number of carbonyl (C=O) groups excluding carboxylic acids is 1.